The quantitative estimate of drug-likeness (QED) is 0.0394. The van der Waals surface area contributed by atoms with Gasteiger partial charge < -0.3 is 20.4 Å². The maximum absolute atomic E-state index is 12.4. The zero-order valence-corrected chi connectivity index (χ0v) is 33.6. The van der Waals surface area contributed by atoms with Crippen molar-refractivity contribution in [1.82, 2.24) is 20.5 Å². The Balaban J connectivity index is -0.000000476. The molecule has 0 atom stereocenters. The summed E-state index contributed by atoms with van der Waals surface area (Å²) in [5.41, 5.74) is 4.24. The molecule has 0 saturated carbocycles. The number of thioether (sulfide) groups is 1. The minimum absolute atomic E-state index is 0.102. The number of unbranched alkanes of at least 4 members (excludes halogenated alkanes) is 1. The van der Waals surface area contributed by atoms with Crippen LogP contribution in [0.1, 0.15) is 85.5 Å². The van der Waals surface area contributed by atoms with E-state index >= 15 is 0 Å². The van der Waals surface area contributed by atoms with Gasteiger partial charge in [0, 0.05) is 62.0 Å². The average Bonchev–Trinajstić information content (AvgIpc) is 3.48. The number of likely N-dealkylation sites (N-methyl/N-ethyl adjacent to an activating group) is 2. The number of carbonyl (C=O) groups is 4. The lowest BCUT2D eigenvalue weighted by Crippen LogP contribution is -2.35. The third-order valence-electron chi connectivity index (χ3n) is 5.74. The van der Waals surface area contributed by atoms with Gasteiger partial charge in [-0.3, -0.25) is 29.6 Å². The summed E-state index contributed by atoms with van der Waals surface area (Å²) >= 11 is 1.19. The minimum atomic E-state index is -0.166. The Morgan fingerprint density at radius 3 is 2.14 bits per heavy atom. The molecule has 51 heavy (non-hydrogen) atoms. The number of carbonyl (C=O) groups excluding carboxylic acids is 4. The van der Waals surface area contributed by atoms with Crippen LogP contribution in [-0.2, 0) is 14.4 Å². The fourth-order valence-corrected chi connectivity index (χ4v) is 3.99. The van der Waals surface area contributed by atoms with Crippen LogP contribution in [0.4, 0.5) is 5.69 Å². The van der Waals surface area contributed by atoms with Crippen LogP contribution in [0.2, 0.25) is 0 Å². The molecular formula is C38H64N8O4S. The molecule has 286 valence electrons. The first-order chi connectivity index (χ1) is 24.7. The van der Waals surface area contributed by atoms with Crippen LogP contribution in [-0.4, -0.2) is 87.3 Å². The maximum atomic E-state index is 12.4. The van der Waals surface area contributed by atoms with Gasteiger partial charge in [-0.15, -0.1) is 0 Å². The number of nitriles is 1. The van der Waals surface area contributed by atoms with Crippen molar-refractivity contribution in [2.24, 2.45) is 10.8 Å². The molecule has 0 spiro atoms. The summed E-state index contributed by atoms with van der Waals surface area (Å²) in [5.74, 6) is 4.14. The highest BCUT2D eigenvalue weighted by Gasteiger charge is 2.12. The van der Waals surface area contributed by atoms with Crippen LogP contribution in [0.5, 0.6) is 0 Å². The number of nitrogens with two attached hydrogens (primary N) is 1. The summed E-state index contributed by atoms with van der Waals surface area (Å²) in [7, 11) is 3.35. The molecule has 0 unspecified atom stereocenters. The van der Waals surface area contributed by atoms with Gasteiger partial charge in [0.25, 0.3) is 11.8 Å². The van der Waals surface area contributed by atoms with Crippen molar-refractivity contribution >= 4 is 48.2 Å². The minimum Gasteiger partial charge on any atom is -0.360 e. The van der Waals surface area contributed by atoms with Gasteiger partial charge >= 0.3 is 0 Å². The molecule has 1 aliphatic rings. The van der Waals surface area contributed by atoms with Gasteiger partial charge in [-0.1, -0.05) is 91.8 Å². The second-order valence-corrected chi connectivity index (χ2v) is 10.4. The van der Waals surface area contributed by atoms with E-state index in [0.717, 1.165) is 38.0 Å². The first kappa shape index (κ1) is 53.3. The van der Waals surface area contributed by atoms with Gasteiger partial charge in [-0.2, -0.15) is 5.26 Å². The normalized spacial score (nSPS) is 11.1. The Bertz CT molecular complexity index is 1250. The monoisotopic (exact) mass is 728 g/mol. The average molecular weight is 729 g/mol. The predicted molar refractivity (Wildman–Crippen MR) is 217 cm³/mol. The number of amides is 3. The van der Waals surface area contributed by atoms with Crippen LogP contribution >= 0.6 is 11.8 Å². The number of anilines is 1. The molecule has 1 aromatic carbocycles. The summed E-state index contributed by atoms with van der Waals surface area (Å²) in [4.78, 5) is 52.0. The van der Waals surface area contributed by atoms with Crippen LogP contribution in [0, 0.1) is 11.3 Å². The number of hydrazine groups is 1. The van der Waals surface area contributed by atoms with E-state index in [-0.39, 0.29) is 11.8 Å². The molecule has 0 saturated heterocycles. The van der Waals surface area contributed by atoms with Gasteiger partial charge in [0.15, 0.2) is 6.29 Å². The first-order valence-electron chi connectivity index (χ1n) is 17.4. The highest BCUT2D eigenvalue weighted by Crippen LogP contribution is 2.21. The lowest BCUT2D eigenvalue weighted by Gasteiger charge is -2.20. The van der Waals surface area contributed by atoms with Crippen molar-refractivity contribution in [2.75, 3.05) is 52.1 Å². The molecule has 0 radical (unpaired) electrons. The van der Waals surface area contributed by atoms with Gasteiger partial charge in [0.05, 0.1) is 17.5 Å². The number of aliphatic imine (C=N–C) groups is 1. The number of allylic oxidation sites excluding steroid dienone is 4. The topological polar surface area (TPSA) is 173 Å². The molecule has 1 heterocycles. The van der Waals surface area contributed by atoms with E-state index in [1.54, 1.807) is 74.6 Å². The fraction of sp³-hybridized carbons (Fsp3) is 0.474. The van der Waals surface area contributed by atoms with Crippen molar-refractivity contribution in [2.45, 2.75) is 75.2 Å². The Hall–Kier alpha value is -4.51. The first-order valence-corrected chi connectivity index (χ1v) is 18.3. The van der Waals surface area contributed by atoms with Gasteiger partial charge in [0.1, 0.15) is 0 Å². The van der Waals surface area contributed by atoms with Crippen LogP contribution in [0.3, 0.4) is 0 Å². The molecule has 1 aromatic rings. The van der Waals surface area contributed by atoms with Crippen LogP contribution in [0.25, 0.3) is 0 Å². The van der Waals surface area contributed by atoms with Crippen LogP contribution in [0.15, 0.2) is 75.1 Å². The molecular weight excluding hydrogens is 665 g/mol. The zero-order chi connectivity index (χ0) is 39.9. The Morgan fingerprint density at radius 1 is 1.04 bits per heavy atom. The molecule has 1 aliphatic heterocycles. The van der Waals surface area contributed by atoms with E-state index in [2.05, 4.69) is 40.2 Å². The number of hydrogen-bond acceptors (Lipinski definition) is 10. The third-order valence-corrected chi connectivity index (χ3v) is 6.76. The number of benzene rings is 1. The SMILES string of the molecule is CC.CC.CC.CCCCN(CC)CCNC(=O)c1ccc(N/C=C(/S/C=C(\C)C#N)C(=O)N(C)C)cc1.NNC=O.O=CC1=CC=CCN=C1. The van der Waals surface area contributed by atoms with Crippen molar-refractivity contribution in [3.8, 4) is 6.07 Å². The van der Waals surface area contributed by atoms with E-state index in [9.17, 15) is 14.4 Å². The molecule has 12 nitrogen and oxygen atoms in total. The van der Waals surface area contributed by atoms with Gasteiger partial charge in [-0.25, -0.2) is 5.84 Å². The highest BCUT2D eigenvalue weighted by atomic mass is 32.2. The van der Waals surface area contributed by atoms with E-state index in [4.69, 9.17) is 10.1 Å². The van der Waals surface area contributed by atoms with Gasteiger partial charge in [0.2, 0.25) is 6.41 Å². The molecule has 0 aliphatic carbocycles. The van der Waals surface area contributed by atoms with E-state index < -0.39 is 0 Å². The largest absolute Gasteiger partial charge is 0.360 e. The van der Waals surface area contributed by atoms with Crippen LogP contribution < -0.4 is 21.9 Å². The van der Waals surface area contributed by atoms with Crippen molar-refractivity contribution in [3.05, 3.63) is 75.7 Å². The summed E-state index contributed by atoms with van der Waals surface area (Å²) < 4.78 is 0. The molecule has 0 aromatic heterocycles. The highest BCUT2D eigenvalue weighted by molar-refractivity contribution is 8.06. The lowest BCUT2D eigenvalue weighted by atomic mass is 10.2. The van der Waals surface area contributed by atoms with E-state index in [1.807, 2.05) is 59.8 Å². The number of hydrogen-bond donors (Lipinski definition) is 4. The zero-order valence-electron chi connectivity index (χ0n) is 32.8. The molecule has 13 heteroatoms. The molecule has 2 rings (SSSR count). The third kappa shape index (κ3) is 30.1. The Labute approximate surface area is 312 Å². The molecule has 3 amide bonds. The molecule has 5 N–H and O–H groups in total. The Kier molecular flexibility index (Phi) is 41.7. The lowest BCUT2D eigenvalue weighted by molar-refractivity contribution is -0.124. The van der Waals surface area contributed by atoms with E-state index in [0.29, 0.717) is 41.1 Å². The smallest absolute Gasteiger partial charge is 0.261 e. The van der Waals surface area contributed by atoms with Crippen molar-refractivity contribution in [3.63, 3.8) is 0 Å². The molecule has 0 bridgehead atoms. The Morgan fingerprint density at radius 2 is 1.65 bits per heavy atom. The number of nitrogens with zero attached hydrogens (tertiary/aromatic N) is 4. The number of aldehydes is 1. The van der Waals surface area contributed by atoms with Crippen molar-refractivity contribution in [1.29, 1.82) is 5.26 Å². The summed E-state index contributed by atoms with van der Waals surface area (Å²) in [6.45, 7) is 22.2. The summed E-state index contributed by atoms with van der Waals surface area (Å²) in [6.07, 6.45) is 12.2. The predicted octanol–water partition coefficient (Wildman–Crippen LogP) is 6.48. The standard InChI is InChI=1S/C24H35N5O2S.C7H7NO.3C2H6.CH4N2O/c1-6-8-14-29(7-2)15-13-26-23(30)20-9-11-21(12-10-20)27-17-22(24(31)28(4)5)32-18-19(3)16-25;9-6-7-3-1-2-4-8-5-7;3*1-2;2-3-1-4/h9-12,17-18,27H,6-8,13-15H2,1-5H3,(H,26,30);1-3,5-6H,4H2;3*1-2H3;1H,2H2,(H,3,4)/b19-18+,22-17+;;;;;. The van der Waals surface area contributed by atoms with Gasteiger partial charge in [-0.05, 0) is 56.1 Å². The fourth-order valence-electron chi connectivity index (χ4n) is 3.22. The summed E-state index contributed by atoms with van der Waals surface area (Å²) in [6, 6.07) is 9.13. The second-order valence-electron chi connectivity index (χ2n) is 9.50. The number of nitrogens with one attached hydrogen (secondary N) is 3. The second kappa shape index (κ2) is 39.9. The van der Waals surface area contributed by atoms with Crippen molar-refractivity contribution < 1.29 is 19.2 Å². The summed E-state index contributed by atoms with van der Waals surface area (Å²) in [5, 5.41) is 16.6. The number of rotatable bonds is 15. The van der Waals surface area contributed by atoms with E-state index in [1.165, 1.54) is 23.1 Å². The molecule has 0 fully saturated rings. The maximum Gasteiger partial charge on any atom is 0.261 e.